The van der Waals surface area contributed by atoms with Gasteiger partial charge < -0.3 is 9.47 Å². The molecule has 0 unspecified atom stereocenters. The SMILES string of the molecule is CCOC(=O)c1c(-c2ccc(F)cc2)nc(OC)nc1C(C)C. The zero-order valence-corrected chi connectivity index (χ0v) is 13.6. The number of aromatic nitrogens is 2. The number of benzene rings is 1. The van der Waals surface area contributed by atoms with Gasteiger partial charge in [0.25, 0.3) is 0 Å². The number of carbonyl (C=O) groups is 1. The van der Waals surface area contributed by atoms with Crippen LogP contribution in [-0.2, 0) is 4.74 Å². The lowest BCUT2D eigenvalue weighted by Crippen LogP contribution is -2.15. The third kappa shape index (κ3) is 3.64. The van der Waals surface area contributed by atoms with E-state index in [1.807, 2.05) is 13.8 Å². The summed E-state index contributed by atoms with van der Waals surface area (Å²) in [5, 5.41) is 0. The maximum absolute atomic E-state index is 13.2. The van der Waals surface area contributed by atoms with Crippen LogP contribution in [-0.4, -0.2) is 29.7 Å². The highest BCUT2D eigenvalue weighted by molar-refractivity contribution is 5.97. The Bertz CT molecular complexity index is 700. The van der Waals surface area contributed by atoms with Crippen molar-refractivity contribution >= 4 is 5.97 Å². The molecule has 0 aliphatic carbocycles. The summed E-state index contributed by atoms with van der Waals surface area (Å²) < 4.78 is 23.5. The molecule has 1 aromatic carbocycles. The Morgan fingerprint density at radius 1 is 1.22 bits per heavy atom. The summed E-state index contributed by atoms with van der Waals surface area (Å²) in [4.78, 5) is 21.0. The van der Waals surface area contributed by atoms with Crippen LogP contribution < -0.4 is 4.74 Å². The van der Waals surface area contributed by atoms with Gasteiger partial charge in [-0.3, -0.25) is 0 Å². The molecular weight excluding hydrogens is 299 g/mol. The van der Waals surface area contributed by atoms with Crippen LogP contribution in [0.3, 0.4) is 0 Å². The summed E-state index contributed by atoms with van der Waals surface area (Å²) in [5.41, 5.74) is 1.79. The van der Waals surface area contributed by atoms with E-state index in [2.05, 4.69) is 9.97 Å². The van der Waals surface area contributed by atoms with Gasteiger partial charge in [0.1, 0.15) is 11.4 Å². The molecule has 0 amide bonds. The zero-order chi connectivity index (χ0) is 17.0. The Balaban J connectivity index is 2.72. The molecule has 0 aliphatic rings. The minimum absolute atomic E-state index is 0.0366. The van der Waals surface area contributed by atoms with Crippen molar-refractivity contribution in [3.8, 4) is 17.3 Å². The number of methoxy groups -OCH3 is 1. The Labute approximate surface area is 134 Å². The topological polar surface area (TPSA) is 61.3 Å². The highest BCUT2D eigenvalue weighted by atomic mass is 19.1. The van der Waals surface area contributed by atoms with Crippen LogP contribution in [0.1, 0.15) is 42.7 Å². The minimum atomic E-state index is -0.502. The maximum Gasteiger partial charge on any atom is 0.342 e. The van der Waals surface area contributed by atoms with Crippen LogP contribution in [0, 0.1) is 5.82 Å². The second kappa shape index (κ2) is 7.17. The molecule has 1 heterocycles. The Morgan fingerprint density at radius 2 is 1.87 bits per heavy atom. The second-order valence-corrected chi connectivity index (χ2v) is 5.20. The van der Waals surface area contributed by atoms with E-state index in [0.717, 1.165) is 0 Å². The number of rotatable bonds is 5. The fourth-order valence-corrected chi connectivity index (χ4v) is 2.19. The van der Waals surface area contributed by atoms with Crippen molar-refractivity contribution in [3.63, 3.8) is 0 Å². The van der Waals surface area contributed by atoms with E-state index < -0.39 is 5.97 Å². The molecule has 0 N–H and O–H groups in total. The van der Waals surface area contributed by atoms with Crippen LogP contribution in [0.15, 0.2) is 24.3 Å². The standard InChI is InChI=1S/C17H19FN2O3/c1-5-23-16(21)13-14(10(2)3)19-17(22-4)20-15(13)11-6-8-12(18)9-7-11/h6-10H,5H2,1-4H3. The smallest absolute Gasteiger partial charge is 0.342 e. The highest BCUT2D eigenvalue weighted by Crippen LogP contribution is 2.30. The van der Waals surface area contributed by atoms with Gasteiger partial charge in [-0.15, -0.1) is 0 Å². The number of nitrogens with zero attached hydrogens (tertiary/aromatic N) is 2. The van der Waals surface area contributed by atoms with Gasteiger partial charge in [-0.05, 0) is 37.1 Å². The van der Waals surface area contributed by atoms with Gasteiger partial charge in [-0.1, -0.05) is 13.8 Å². The number of halogens is 1. The monoisotopic (exact) mass is 318 g/mol. The number of hydrogen-bond donors (Lipinski definition) is 0. The fraction of sp³-hybridized carbons (Fsp3) is 0.353. The molecule has 0 bridgehead atoms. The lowest BCUT2D eigenvalue weighted by Gasteiger charge is -2.16. The predicted molar refractivity (Wildman–Crippen MR) is 84.0 cm³/mol. The molecule has 0 fully saturated rings. The summed E-state index contributed by atoms with van der Waals surface area (Å²) in [6.07, 6.45) is 0. The molecular formula is C17H19FN2O3. The fourth-order valence-electron chi connectivity index (χ4n) is 2.19. The van der Waals surface area contributed by atoms with Crippen molar-refractivity contribution in [2.45, 2.75) is 26.7 Å². The van der Waals surface area contributed by atoms with Crippen LogP contribution >= 0.6 is 0 Å². The van der Waals surface area contributed by atoms with Crippen LogP contribution in [0.5, 0.6) is 6.01 Å². The number of carbonyl (C=O) groups excluding carboxylic acids is 1. The summed E-state index contributed by atoms with van der Waals surface area (Å²) in [6.45, 7) is 5.80. The molecule has 5 nitrogen and oxygen atoms in total. The van der Waals surface area contributed by atoms with Crippen molar-refractivity contribution < 1.29 is 18.7 Å². The van der Waals surface area contributed by atoms with Gasteiger partial charge >= 0.3 is 12.0 Å². The van der Waals surface area contributed by atoms with Crippen LogP contribution in [0.4, 0.5) is 4.39 Å². The van der Waals surface area contributed by atoms with E-state index in [0.29, 0.717) is 17.0 Å². The Kier molecular flexibility index (Phi) is 5.26. The summed E-state index contributed by atoms with van der Waals surface area (Å²) in [6, 6.07) is 5.90. The van der Waals surface area contributed by atoms with Crippen LogP contribution in [0.2, 0.25) is 0 Å². The molecule has 2 aromatic rings. The largest absolute Gasteiger partial charge is 0.467 e. The normalized spacial score (nSPS) is 10.7. The first-order valence-electron chi connectivity index (χ1n) is 7.36. The molecule has 2 rings (SSSR count). The molecule has 0 saturated heterocycles. The van der Waals surface area contributed by atoms with Crippen molar-refractivity contribution in [1.82, 2.24) is 9.97 Å². The molecule has 6 heteroatoms. The maximum atomic E-state index is 13.2. The van der Waals surface area contributed by atoms with Gasteiger partial charge in [0.05, 0.1) is 25.1 Å². The predicted octanol–water partition coefficient (Wildman–Crippen LogP) is 3.59. The first kappa shape index (κ1) is 16.9. The molecule has 23 heavy (non-hydrogen) atoms. The summed E-state index contributed by atoms with van der Waals surface area (Å²) >= 11 is 0. The Hall–Kier alpha value is -2.50. The van der Waals surface area contributed by atoms with Crippen molar-refractivity contribution in [2.24, 2.45) is 0 Å². The molecule has 122 valence electrons. The van der Waals surface area contributed by atoms with E-state index in [9.17, 15) is 9.18 Å². The van der Waals surface area contributed by atoms with Crippen molar-refractivity contribution in [3.05, 3.63) is 41.3 Å². The van der Waals surface area contributed by atoms with Crippen molar-refractivity contribution in [1.29, 1.82) is 0 Å². The van der Waals surface area contributed by atoms with Gasteiger partial charge in [0, 0.05) is 5.56 Å². The van der Waals surface area contributed by atoms with Gasteiger partial charge in [0.2, 0.25) is 0 Å². The zero-order valence-electron chi connectivity index (χ0n) is 13.6. The van der Waals surface area contributed by atoms with E-state index in [4.69, 9.17) is 9.47 Å². The van der Waals surface area contributed by atoms with Gasteiger partial charge in [-0.2, -0.15) is 9.97 Å². The molecule has 0 aliphatic heterocycles. The number of hydrogen-bond acceptors (Lipinski definition) is 5. The summed E-state index contributed by atoms with van der Waals surface area (Å²) in [7, 11) is 1.46. The minimum Gasteiger partial charge on any atom is -0.467 e. The molecule has 0 saturated carbocycles. The first-order valence-corrected chi connectivity index (χ1v) is 7.36. The van der Waals surface area contributed by atoms with E-state index in [-0.39, 0.29) is 29.9 Å². The number of esters is 1. The average Bonchev–Trinajstić information content (AvgIpc) is 2.54. The van der Waals surface area contributed by atoms with Crippen molar-refractivity contribution in [2.75, 3.05) is 13.7 Å². The molecule has 1 aromatic heterocycles. The van der Waals surface area contributed by atoms with Gasteiger partial charge in [0.15, 0.2) is 0 Å². The number of ether oxygens (including phenoxy) is 2. The lowest BCUT2D eigenvalue weighted by atomic mass is 9.98. The highest BCUT2D eigenvalue weighted by Gasteiger charge is 2.25. The lowest BCUT2D eigenvalue weighted by molar-refractivity contribution is 0.0524. The summed E-state index contributed by atoms with van der Waals surface area (Å²) in [5.74, 6) is -0.903. The average molecular weight is 318 g/mol. The second-order valence-electron chi connectivity index (χ2n) is 5.20. The molecule has 0 atom stereocenters. The van der Waals surface area contributed by atoms with E-state index >= 15 is 0 Å². The van der Waals surface area contributed by atoms with E-state index in [1.165, 1.54) is 19.2 Å². The first-order chi connectivity index (χ1) is 11.0. The Morgan fingerprint density at radius 3 is 2.39 bits per heavy atom. The van der Waals surface area contributed by atoms with Crippen LogP contribution in [0.25, 0.3) is 11.3 Å². The molecule has 0 radical (unpaired) electrons. The third-order valence-electron chi connectivity index (χ3n) is 3.24. The molecule has 0 spiro atoms. The quantitative estimate of drug-likeness (QED) is 0.788. The third-order valence-corrected chi connectivity index (χ3v) is 3.24. The van der Waals surface area contributed by atoms with E-state index in [1.54, 1.807) is 19.1 Å². The van der Waals surface area contributed by atoms with Gasteiger partial charge in [-0.25, -0.2) is 9.18 Å².